The molecule has 0 aromatic rings. The molecule has 10 heavy (non-hydrogen) atoms. The van der Waals surface area contributed by atoms with Crippen molar-refractivity contribution in [2.75, 3.05) is 6.54 Å². The van der Waals surface area contributed by atoms with Gasteiger partial charge in [-0.1, -0.05) is 32.9 Å². The van der Waals surface area contributed by atoms with Gasteiger partial charge in [-0.25, -0.2) is 0 Å². The Bertz CT molecular complexity index is 137. The van der Waals surface area contributed by atoms with E-state index in [0.717, 1.165) is 12.1 Å². The number of rotatable bonds is 2. The van der Waals surface area contributed by atoms with Crippen LogP contribution in [0.2, 0.25) is 0 Å². The van der Waals surface area contributed by atoms with Crippen molar-refractivity contribution in [2.24, 2.45) is 10.4 Å². The highest BCUT2D eigenvalue weighted by Gasteiger charge is 2.03. The molecule has 0 fully saturated rings. The van der Waals surface area contributed by atoms with E-state index in [2.05, 4.69) is 32.3 Å². The first-order valence-electron chi connectivity index (χ1n) is 3.57. The molecule has 1 heteroatoms. The maximum Gasteiger partial charge on any atom is 0.0590 e. The third-order valence-electron chi connectivity index (χ3n) is 0.840. The summed E-state index contributed by atoms with van der Waals surface area (Å²) in [7, 11) is 0. The van der Waals surface area contributed by atoms with Crippen LogP contribution in [0, 0.1) is 5.41 Å². The minimum atomic E-state index is 0.204. The van der Waals surface area contributed by atoms with Crippen molar-refractivity contribution >= 4 is 6.21 Å². The van der Waals surface area contributed by atoms with Crippen LogP contribution < -0.4 is 0 Å². The van der Waals surface area contributed by atoms with Gasteiger partial charge in [0.05, 0.1) is 6.54 Å². The van der Waals surface area contributed by atoms with Gasteiger partial charge in [-0.2, -0.15) is 0 Å². The maximum atomic E-state index is 4.22. The lowest BCUT2D eigenvalue weighted by Gasteiger charge is -2.09. The molecule has 0 N–H and O–H groups in total. The minimum absolute atomic E-state index is 0.204. The number of aliphatic imine (C=N–C) groups is 1. The third kappa shape index (κ3) is 7.41. The monoisotopic (exact) mass is 139 g/mol. The van der Waals surface area contributed by atoms with Gasteiger partial charge in [0.2, 0.25) is 0 Å². The van der Waals surface area contributed by atoms with Gasteiger partial charge in [0, 0.05) is 6.21 Å². The lowest BCUT2D eigenvalue weighted by molar-refractivity contribution is 0.605. The molecule has 0 saturated heterocycles. The largest absolute Gasteiger partial charge is 0.293 e. The van der Waals surface area contributed by atoms with E-state index in [0.29, 0.717) is 0 Å². The first-order valence-corrected chi connectivity index (χ1v) is 3.57. The summed E-state index contributed by atoms with van der Waals surface area (Å²) in [6.07, 6.45) is 1.97. The summed E-state index contributed by atoms with van der Waals surface area (Å²) >= 11 is 0. The van der Waals surface area contributed by atoms with Gasteiger partial charge >= 0.3 is 0 Å². The average Bonchev–Trinajstić information content (AvgIpc) is 1.59. The van der Waals surface area contributed by atoms with Gasteiger partial charge in [-0.05, 0) is 12.3 Å². The van der Waals surface area contributed by atoms with E-state index >= 15 is 0 Å². The summed E-state index contributed by atoms with van der Waals surface area (Å²) in [4.78, 5) is 4.22. The quantitative estimate of drug-likeness (QED) is 0.412. The number of hydrogen-bond acceptors (Lipinski definition) is 1. The molecule has 0 unspecified atom stereocenters. The molecule has 0 spiro atoms. The van der Waals surface area contributed by atoms with Crippen molar-refractivity contribution in [2.45, 2.75) is 27.7 Å². The van der Waals surface area contributed by atoms with Gasteiger partial charge in [0.25, 0.3) is 0 Å². The van der Waals surface area contributed by atoms with Crippen LogP contribution in [0.3, 0.4) is 0 Å². The summed E-state index contributed by atoms with van der Waals surface area (Å²) in [6.45, 7) is 12.9. The molecule has 0 aliphatic heterocycles. The zero-order valence-corrected chi connectivity index (χ0v) is 7.44. The maximum absolute atomic E-state index is 4.22. The zero-order chi connectivity index (χ0) is 8.20. The smallest absolute Gasteiger partial charge is 0.0590 e. The second-order valence-corrected chi connectivity index (χ2v) is 3.79. The molecule has 0 atom stereocenters. The van der Waals surface area contributed by atoms with E-state index in [1.165, 1.54) is 0 Å². The number of nitrogens with zero attached hydrogens (tertiary/aromatic N) is 1. The van der Waals surface area contributed by atoms with Gasteiger partial charge in [0.1, 0.15) is 0 Å². The van der Waals surface area contributed by atoms with E-state index in [1.807, 2.05) is 13.1 Å². The first kappa shape index (κ1) is 9.41. The van der Waals surface area contributed by atoms with E-state index < -0.39 is 0 Å². The molecule has 0 radical (unpaired) electrons. The molecule has 0 amide bonds. The Morgan fingerprint density at radius 1 is 1.50 bits per heavy atom. The van der Waals surface area contributed by atoms with Crippen LogP contribution in [0.15, 0.2) is 17.1 Å². The van der Waals surface area contributed by atoms with E-state index in [9.17, 15) is 0 Å². The van der Waals surface area contributed by atoms with E-state index in [1.54, 1.807) is 0 Å². The Labute approximate surface area is 63.9 Å². The van der Waals surface area contributed by atoms with Crippen molar-refractivity contribution < 1.29 is 0 Å². The Balaban J connectivity index is 3.67. The molecular formula is C9H17N. The van der Waals surface area contributed by atoms with Crippen molar-refractivity contribution in [1.29, 1.82) is 0 Å². The lowest BCUT2D eigenvalue weighted by atomic mass is 9.99. The molecular weight excluding hydrogens is 122 g/mol. The van der Waals surface area contributed by atoms with Crippen LogP contribution in [0.4, 0.5) is 0 Å². The van der Waals surface area contributed by atoms with Crippen LogP contribution in [0.5, 0.6) is 0 Å². The van der Waals surface area contributed by atoms with E-state index in [4.69, 9.17) is 0 Å². The molecule has 0 saturated carbocycles. The Hall–Kier alpha value is -0.590. The standard InChI is InChI=1S/C9H17N/c1-8(2)6-10-7-9(3,4)5/h7H,1,6H2,2-5H3. The van der Waals surface area contributed by atoms with Crippen LogP contribution in [0.25, 0.3) is 0 Å². The van der Waals surface area contributed by atoms with Crippen LogP contribution in [0.1, 0.15) is 27.7 Å². The fourth-order valence-electron chi connectivity index (χ4n) is 0.475. The molecule has 0 aliphatic carbocycles. The summed E-state index contributed by atoms with van der Waals surface area (Å²) in [5.41, 5.74) is 1.32. The van der Waals surface area contributed by atoms with Gasteiger partial charge < -0.3 is 0 Å². The minimum Gasteiger partial charge on any atom is -0.293 e. The second-order valence-electron chi connectivity index (χ2n) is 3.79. The Morgan fingerprint density at radius 3 is 2.30 bits per heavy atom. The van der Waals surface area contributed by atoms with Gasteiger partial charge in [-0.3, -0.25) is 4.99 Å². The fraction of sp³-hybridized carbons (Fsp3) is 0.667. The third-order valence-corrected chi connectivity index (χ3v) is 0.840. The highest BCUT2D eigenvalue weighted by Crippen LogP contribution is 2.08. The highest BCUT2D eigenvalue weighted by molar-refractivity contribution is 5.64. The van der Waals surface area contributed by atoms with Crippen LogP contribution >= 0.6 is 0 Å². The van der Waals surface area contributed by atoms with Crippen LogP contribution in [-0.4, -0.2) is 12.8 Å². The normalized spacial score (nSPS) is 12.4. The first-order chi connectivity index (χ1) is 4.42. The molecule has 1 nitrogen and oxygen atoms in total. The summed E-state index contributed by atoms with van der Waals surface area (Å²) in [5.74, 6) is 0. The molecule has 0 aromatic heterocycles. The zero-order valence-electron chi connectivity index (χ0n) is 7.44. The molecule has 0 aliphatic rings. The molecule has 0 heterocycles. The fourth-order valence-corrected chi connectivity index (χ4v) is 0.475. The van der Waals surface area contributed by atoms with Crippen molar-refractivity contribution in [1.82, 2.24) is 0 Å². The molecule has 0 aromatic carbocycles. The summed E-state index contributed by atoms with van der Waals surface area (Å²) in [6, 6.07) is 0. The summed E-state index contributed by atoms with van der Waals surface area (Å²) < 4.78 is 0. The topological polar surface area (TPSA) is 12.4 Å². The Morgan fingerprint density at radius 2 is 2.00 bits per heavy atom. The lowest BCUT2D eigenvalue weighted by Crippen LogP contribution is -2.06. The number of hydrogen-bond donors (Lipinski definition) is 0. The molecule has 0 bridgehead atoms. The predicted molar refractivity (Wildman–Crippen MR) is 47.6 cm³/mol. The average molecular weight is 139 g/mol. The highest BCUT2D eigenvalue weighted by atomic mass is 14.7. The second kappa shape index (κ2) is 3.55. The SMILES string of the molecule is C=C(C)CN=CC(C)(C)C. The molecule has 58 valence electrons. The van der Waals surface area contributed by atoms with Crippen molar-refractivity contribution in [3.63, 3.8) is 0 Å². The van der Waals surface area contributed by atoms with Crippen LogP contribution in [-0.2, 0) is 0 Å². The van der Waals surface area contributed by atoms with E-state index in [-0.39, 0.29) is 5.41 Å². The van der Waals surface area contributed by atoms with Gasteiger partial charge in [-0.15, -0.1) is 0 Å². The van der Waals surface area contributed by atoms with Crippen molar-refractivity contribution in [3.8, 4) is 0 Å². The summed E-state index contributed by atoms with van der Waals surface area (Å²) in [5, 5.41) is 0. The Kier molecular flexibility index (Phi) is 3.34. The predicted octanol–water partition coefficient (Wildman–Crippen LogP) is 2.68. The van der Waals surface area contributed by atoms with Gasteiger partial charge in [0.15, 0.2) is 0 Å². The van der Waals surface area contributed by atoms with Crippen molar-refractivity contribution in [3.05, 3.63) is 12.2 Å². The molecule has 0 rings (SSSR count).